The summed E-state index contributed by atoms with van der Waals surface area (Å²) in [5, 5.41) is 8.98. The highest BCUT2D eigenvalue weighted by Crippen LogP contribution is 2.20. The van der Waals surface area contributed by atoms with E-state index in [-0.39, 0.29) is 11.7 Å². The number of carbonyl (C=O) groups excluding carboxylic acids is 1. The molecule has 0 saturated carbocycles. The molecule has 1 N–H and O–H groups in total. The van der Waals surface area contributed by atoms with Gasteiger partial charge in [0.1, 0.15) is 18.2 Å². The van der Waals surface area contributed by atoms with E-state index in [9.17, 15) is 9.18 Å². The second-order valence-electron chi connectivity index (χ2n) is 6.93. The van der Waals surface area contributed by atoms with E-state index in [1.807, 2.05) is 48.7 Å². The maximum absolute atomic E-state index is 13.3. The molecule has 4 aromatic rings. The molecule has 0 aliphatic rings. The molecule has 0 atom stereocenters. The number of ether oxygens (including phenoxy) is 1. The highest BCUT2D eigenvalue weighted by Gasteiger charge is 2.11. The minimum Gasteiger partial charge on any atom is -0.489 e. The number of amides is 1. The average Bonchev–Trinajstić information content (AvgIpc) is 3.37. The van der Waals surface area contributed by atoms with Crippen molar-refractivity contribution in [1.29, 1.82) is 0 Å². The Morgan fingerprint density at radius 3 is 2.80 bits per heavy atom. The Bertz CT molecular complexity index is 1150. The number of aryl methyl sites for hydroxylation is 1. The minimum atomic E-state index is -0.284. The van der Waals surface area contributed by atoms with E-state index in [0.717, 1.165) is 16.9 Å². The van der Waals surface area contributed by atoms with Gasteiger partial charge in [-0.2, -0.15) is 5.10 Å². The predicted molar refractivity (Wildman–Crippen MR) is 116 cm³/mol. The third-order valence-corrected chi connectivity index (χ3v) is 5.41. The van der Waals surface area contributed by atoms with E-state index >= 15 is 0 Å². The van der Waals surface area contributed by atoms with Crippen LogP contribution in [-0.4, -0.2) is 15.7 Å². The maximum Gasteiger partial charge on any atom is 0.265 e. The molecule has 4 rings (SSSR count). The quantitative estimate of drug-likeness (QED) is 0.442. The van der Waals surface area contributed by atoms with Gasteiger partial charge < -0.3 is 10.1 Å². The number of hydrogen-bond acceptors (Lipinski definition) is 4. The van der Waals surface area contributed by atoms with E-state index < -0.39 is 0 Å². The monoisotopic (exact) mass is 421 g/mol. The molecule has 0 saturated heterocycles. The van der Waals surface area contributed by atoms with Gasteiger partial charge in [0.2, 0.25) is 0 Å². The first kappa shape index (κ1) is 19.8. The largest absolute Gasteiger partial charge is 0.489 e. The summed E-state index contributed by atoms with van der Waals surface area (Å²) in [5.74, 6) is 0.309. The fourth-order valence-electron chi connectivity index (χ4n) is 2.90. The van der Waals surface area contributed by atoms with Crippen molar-refractivity contribution in [3.63, 3.8) is 0 Å². The van der Waals surface area contributed by atoms with Gasteiger partial charge in [-0.25, -0.2) is 4.39 Å². The molecule has 1 amide bonds. The molecule has 0 spiro atoms. The first-order chi connectivity index (χ1) is 14.5. The van der Waals surface area contributed by atoms with Crippen molar-refractivity contribution in [2.45, 2.75) is 20.1 Å². The van der Waals surface area contributed by atoms with Crippen molar-refractivity contribution in [3.05, 3.63) is 99.8 Å². The lowest BCUT2D eigenvalue weighted by Crippen LogP contribution is -2.09. The van der Waals surface area contributed by atoms with E-state index in [1.54, 1.807) is 23.1 Å². The molecular formula is C23H20FN3O2S. The van der Waals surface area contributed by atoms with E-state index in [1.165, 1.54) is 29.0 Å². The van der Waals surface area contributed by atoms with Gasteiger partial charge in [-0.1, -0.05) is 29.8 Å². The molecule has 2 heterocycles. The Balaban J connectivity index is 1.33. The number of benzene rings is 2. The number of anilines is 1. The van der Waals surface area contributed by atoms with Crippen molar-refractivity contribution >= 4 is 22.9 Å². The summed E-state index contributed by atoms with van der Waals surface area (Å²) in [7, 11) is 0. The number of rotatable bonds is 7. The van der Waals surface area contributed by atoms with Gasteiger partial charge in [-0.3, -0.25) is 9.48 Å². The van der Waals surface area contributed by atoms with Crippen molar-refractivity contribution in [1.82, 2.24) is 9.78 Å². The molecule has 30 heavy (non-hydrogen) atoms. The number of hydrogen-bond donors (Lipinski definition) is 1. The zero-order valence-electron chi connectivity index (χ0n) is 16.3. The number of halogens is 1. The minimum absolute atomic E-state index is 0.202. The predicted octanol–water partition coefficient (Wildman–Crippen LogP) is 5.27. The molecule has 5 nitrogen and oxygen atoms in total. The highest BCUT2D eigenvalue weighted by atomic mass is 32.1. The second kappa shape index (κ2) is 8.92. The molecular weight excluding hydrogens is 401 g/mol. The standard InChI is InChI=1S/C23H20FN3O2S/c1-16-5-7-21(8-6-16)29-14-18-10-22(30-15-18)23(28)26-20-11-25-27(13-20)12-17-3-2-4-19(24)9-17/h2-11,13,15H,12,14H2,1H3,(H,26,28). The molecule has 2 aromatic carbocycles. The summed E-state index contributed by atoms with van der Waals surface area (Å²) in [5.41, 5.74) is 3.50. The van der Waals surface area contributed by atoms with Crippen LogP contribution in [0.25, 0.3) is 0 Å². The highest BCUT2D eigenvalue weighted by molar-refractivity contribution is 7.12. The third-order valence-electron chi connectivity index (χ3n) is 4.43. The van der Waals surface area contributed by atoms with Crippen LogP contribution in [0, 0.1) is 12.7 Å². The van der Waals surface area contributed by atoms with Gasteiger partial charge in [0, 0.05) is 11.8 Å². The fourth-order valence-corrected chi connectivity index (χ4v) is 3.69. The number of nitrogens with zero attached hydrogens (tertiary/aromatic N) is 2. The molecule has 0 aliphatic carbocycles. The maximum atomic E-state index is 13.3. The van der Waals surface area contributed by atoms with Crippen molar-refractivity contribution in [2.75, 3.05) is 5.32 Å². The van der Waals surface area contributed by atoms with Crippen LogP contribution < -0.4 is 10.1 Å². The van der Waals surface area contributed by atoms with Crippen molar-refractivity contribution in [3.8, 4) is 5.75 Å². The number of carbonyl (C=O) groups is 1. The lowest BCUT2D eigenvalue weighted by atomic mass is 10.2. The molecule has 0 unspecified atom stereocenters. The van der Waals surface area contributed by atoms with Crippen LogP contribution in [0.4, 0.5) is 10.1 Å². The Kier molecular flexibility index (Phi) is 5.90. The van der Waals surface area contributed by atoms with Gasteiger partial charge in [-0.05, 0) is 48.2 Å². The van der Waals surface area contributed by atoms with Gasteiger partial charge >= 0.3 is 0 Å². The zero-order chi connectivity index (χ0) is 20.9. The van der Waals surface area contributed by atoms with Crippen LogP contribution in [0.3, 0.4) is 0 Å². The van der Waals surface area contributed by atoms with Crippen LogP contribution in [0.5, 0.6) is 5.75 Å². The molecule has 0 aliphatic heterocycles. The topological polar surface area (TPSA) is 56.1 Å². The van der Waals surface area contributed by atoms with Gasteiger partial charge in [0.05, 0.1) is 23.3 Å². The summed E-state index contributed by atoms with van der Waals surface area (Å²) in [6, 6.07) is 16.0. The first-order valence-corrected chi connectivity index (χ1v) is 10.3. The van der Waals surface area contributed by atoms with E-state index in [4.69, 9.17) is 4.74 Å². The second-order valence-corrected chi connectivity index (χ2v) is 7.84. The summed E-state index contributed by atoms with van der Waals surface area (Å²) in [4.78, 5) is 13.1. The summed E-state index contributed by atoms with van der Waals surface area (Å²) < 4.78 is 20.7. The Morgan fingerprint density at radius 2 is 2.00 bits per heavy atom. The molecule has 152 valence electrons. The van der Waals surface area contributed by atoms with Gasteiger partial charge in [0.25, 0.3) is 5.91 Å². The molecule has 7 heteroatoms. The Labute approximate surface area is 177 Å². The van der Waals surface area contributed by atoms with Crippen LogP contribution in [-0.2, 0) is 13.2 Å². The summed E-state index contributed by atoms with van der Waals surface area (Å²) in [6.45, 7) is 2.85. The zero-order valence-corrected chi connectivity index (χ0v) is 17.2. The van der Waals surface area contributed by atoms with Crippen LogP contribution >= 0.6 is 11.3 Å². The number of nitrogens with one attached hydrogen (secondary N) is 1. The van der Waals surface area contributed by atoms with Gasteiger partial charge in [0.15, 0.2) is 0 Å². The Morgan fingerprint density at radius 1 is 1.17 bits per heavy atom. The molecule has 0 radical (unpaired) electrons. The normalized spacial score (nSPS) is 10.7. The van der Waals surface area contributed by atoms with Crippen LogP contribution in [0.1, 0.15) is 26.4 Å². The van der Waals surface area contributed by atoms with E-state index in [2.05, 4.69) is 10.4 Å². The SMILES string of the molecule is Cc1ccc(OCc2csc(C(=O)Nc3cnn(Cc4cccc(F)c4)c3)c2)cc1. The molecule has 0 bridgehead atoms. The Hall–Kier alpha value is -3.45. The van der Waals surface area contributed by atoms with Crippen LogP contribution in [0.2, 0.25) is 0 Å². The fraction of sp³-hybridized carbons (Fsp3) is 0.130. The number of thiophene rings is 1. The van der Waals surface area contributed by atoms with Crippen molar-refractivity contribution < 1.29 is 13.9 Å². The smallest absolute Gasteiger partial charge is 0.265 e. The lowest BCUT2D eigenvalue weighted by Gasteiger charge is -2.04. The molecule has 2 aromatic heterocycles. The number of aromatic nitrogens is 2. The lowest BCUT2D eigenvalue weighted by molar-refractivity contribution is 0.103. The van der Waals surface area contributed by atoms with E-state index in [0.29, 0.717) is 23.7 Å². The summed E-state index contributed by atoms with van der Waals surface area (Å²) >= 11 is 1.36. The average molecular weight is 421 g/mol. The molecule has 0 fully saturated rings. The third kappa shape index (κ3) is 5.12. The van der Waals surface area contributed by atoms with Gasteiger partial charge in [-0.15, -0.1) is 11.3 Å². The van der Waals surface area contributed by atoms with Crippen LogP contribution in [0.15, 0.2) is 72.4 Å². The van der Waals surface area contributed by atoms with Crippen molar-refractivity contribution in [2.24, 2.45) is 0 Å². The summed E-state index contributed by atoms with van der Waals surface area (Å²) in [6.07, 6.45) is 3.30. The first-order valence-electron chi connectivity index (χ1n) is 9.40.